The standard InChI is InChI=1S/C15H28N2O3S/c1-10-11(2)21-7-6-17(10)14(20)16-12(8-13(18)19)9-15(3,4)5/h10-12H,6-9H2,1-5H3,(H,16,20)(H,18,19). The number of hydrogen-bond acceptors (Lipinski definition) is 3. The Bertz CT molecular complexity index is 382. The number of hydrogen-bond donors (Lipinski definition) is 2. The highest BCUT2D eigenvalue weighted by atomic mass is 32.2. The number of nitrogens with one attached hydrogen (secondary N) is 1. The normalized spacial score (nSPS) is 24.5. The lowest BCUT2D eigenvalue weighted by molar-refractivity contribution is -0.137. The van der Waals surface area contributed by atoms with Crippen molar-refractivity contribution in [3.05, 3.63) is 0 Å². The number of carbonyl (C=O) groups excluding carboxylic acids is 1. The average molecular weight is 316 g/mol. The predicted molar refractivity (Wildman–Crippen MR) is 86.7 cm³/mol. The van der Waals surface area contributed by atoms with E-state index in [1.54, 1.807) is 0 Å². The summed E-state index contributed by atoms with van der Waals surface area (Å²) in [6.07, 6.45) is 0.618. The molecule has 0 bridgehead atoms. The van der Waals surface area contributed by atoms with Crippen molar-refractivity contribution in [2.45, 2.75) is 64.8 Å². The second kappa shape index (κ2) is 7.38. The topological polar surface area (TPSA) is 69.6 Å². The molecule has 0 saturated carbocycles. The smallest absolute Gasteiger partial charge is 0.317 e. The highest BCUT2D eigenvalue weighted by Crippen LogP contribution is 2.25. The van der Waals surface area contributed by atoms with Crippen LogP contribution in [0.5, 0.6) is 0 Å². The first-order valence-corrected chi connectivity index (χ1v) is 8.55. The number of carboxylic acids is 1. The van der Waals surface area contributed by atoms with Crippen LogP contribution in [0.4, 0.5) is 4.79 Å². The van der Waals surface area contributed by atoms with Crippen LogP contribution in [0.3, 0.4) is 0 Å². The van der Waals surface area contributed by atoms with Crippen LogP contribution in [0, 0.1) is 5.41 Å². The fourth-order valence-electron chi connectivity index (χ4n) is 2.60. The summed E-state index contributed by atoms with van der Waals surface area (Å²) in [7, 11) is 0. The summed E-state index contributed by atoms with van der Waals surface area (Å²) in [5, 5.41) is 12.4. The fraction of sp³-hybridized carbons (Fsp3) is 0.867. The summed E-state index contributed by atoms with van der Waals surface area (Å²) >= 11 is 1.87. The van der Waals surface area contributed by atoms with Gasteiger partial charge in [0.1, 0.15) is 0 Å². The number of amides is 2. The van der Waals surface area contributed by atoms with Crippen molar-refractivity contribution in [3.63, 3.8) is 0 Å². The number of thioether (sulfide) groups is 1. The maximum atomic E-state index is 12.4. The van der Waals surface area contributed by atoms with Crippen molar-refractivity contribution >= 4 is 23.8 Å². The van der Waals surface area contributed by atoms with Crippen LogP contribution in [-0.2, 0) is 4.79 Å². The van der Waals surface area contributed by atoms with Gasteiger partial charge in [-0.3, -0.25) is 4.79 Å². The molecule has 1 heterocycles. The predicted octanol–water partition coefficient (Wildman–Crippen LogP) is 2.80. The van der Waals surface area contributed by atoms with E-state index in [1.165, 1.54) is 0 Å². The van der Waals surface area contributed by atoms with Crippen molar-refractivity contribution in [1.29, 1.82) is 0 Å². The van der Waals surface area contributed by atoms with Gasteiger partial charge in [-0.15, -0.1) is 0 Å². The molecule has 6 heteroatoms. The average Bonchev–Trinajstić information content (AvgIpc) is 2.29. The zero-order chi connectivity index (χ0) is 16.2. The molecule has 0 radical (unpaired) electrons. The maximum Gasteiger partial charge on any atom is 0.317 e. The first-order chi connectivity index (χ1) is 9.60. The van der Waals surface area contributed by atoms with E-state index in [0.29, 0.717) is 11.7 Å². The molecule has 0 aromatic rings. The Morgan fingerprint density at radius 3 is 2.52 bits per heavy atom. The molecule has 1 rings (SSSR count). The highest BCUT2D eigenvalue weighted by Gasteiger charge is 2.31. The van der Waals surface area contributed by atoms with Gasteiger partial charge in [-0.2, -0.15) is 11.8 Å². The largest absolute Gasteiger partial charge is 0.481 e. The highest BCUT2D eigenvalue weighted by molar-refractivity contribution is 8.00. The SMILES string of the molecule is CC1SCCN(C(=O)NC(CC(=O)O)CC(C)(C)C)C1C. The van der Waals surface area contributed by atoms with Crippen LogP contribution in [0.1, 0.15) is 47.5 Å². The van der Waals surface area contributed by atoms with Crippen molar-refractivity contribution < 1.29 is 14.7 Å². The molecule has 5 nitrogen and oxygen atoms in total. The third-order valence-electron chi connectivity index (χ3n) is 3.75. The summed E-state index contributed by atoms with van der Waals surface area (Å²) in [5.41, 5.74) is -0.0238. The Morgan fingerprint density at radius 2 is 2.00 bits per heavy atom. The van der Waals surface area contributed by atoms with Gasteiger partial charge in [0.25, 0.3) is 0 Å². The molecule has 1 aliphatic heterocycles. The van der Waals surface area contributed by atoms with Gasteiger partial charge in [-0.05, 0) is 18.8 Å². The molecular weight excluding hydrogens is 288 g/mol. The molecule has 3 atom stereocenters. The first-order valence-electron chi connectivity index (χ1n) is 7.50. The number of carboxylic acid groups (broad SMARTS) is 1. The van der Waals surface area contributed by atoms with Gasteiger partial charge in [0.15, 0.2) is 0 Å². The zero-order valence-corrected chi connectivity index (χ0v) is 14.5. The van der Waals surface area contributed by atoms with E-state index in [2.05, 4.69) is 33.0 Å². The van der Waals surface area contributed by atoms with Gasteiger partial charge in [0, 0.05) is 29.6 Å². The third kappa shape index (κ3) is 6.16. The summed E-state index contributed by atoms with van der Waals surface area (Å²) in [4.78, 5) is 25.3. The van der Waals surface area contributed by atoms with E-state index in [1.807, 2.05) is 23.6 Å². The van der Waals surface area contributed by atoms with Gasteiger partial charge in [0.2, 0.25) is 0 Å². The van der Waals surface area contributed by atoms with Crippen LogP contribution in [-0.4, -0.2) is 51.6 Å². The summed E-state index contributed by atoms with van der Waals surface area (Å²) in [6.45, 7) is 11.0. The number of aliphatic carboxylic acids is 1. The second-order valence-corrected chi connectivity index (χ2v) is 8.50. The van der Waals surface area contributed by atoms with Crippen molar-refractivity contribution in [3.8, 4) is 0 Å². The van der Waals surface area contributed by atoms with Gasteiger partial charge in [-0.25, -0.2) is 4.79 Å². The van der Waals surface area contributed by atoms with Crippen LogP contribution in [0.15, 0.2) is 0 Å². The molecule has 1 aliphatic rings. The fourth-order valence-corrected chi connectivity index (χ4v) is 3.70. The molecule has 0 aromatic heterocycles. The lowest BCUT2D eigenvalue weighted by Crippen LogP contribution is -2.54. The summed E-state index contributed by atoms with van der Waals surface area (Å²) in [5.74, 6) is 0.0575. The monoisotopic (exact) mass is 316 g/mol. The quantitative estimate of drug-likeness (QED) is 0.837. The Morgan fingerprint density at radius 1 is 1.38 bits per heavy atom. The minimum atomic E-state index is -0.875. The van der Waals surface area contributed by atoms with Crippen LogP contribution in [0.25, 0.3) is 0 Å². The number of rotatable bonds is 4. The van der Waals surface area contributed by atoms with Crippen LogP contribution >= 0.6 is 11.8 Å². The van der Waals surface area contributed by atoms with Gasteiger partial charge in [0.05, 0.1) is 6.42 Å². The van der Waals surface area contributed by atoms with E-state index in [0.717, 1.165) is 12.3 Å². The Hall–Kier alpha value is -0.910. The number of nitrogens with zero attached hydrogens (tertiary/aromatic N) is 1. The lowest BCUT2D eigenvalue weighted by atomic mass is 9.87. The molecule has 1 fully saturated rings. The molecule has 0 aliphatic carbocycles. The van der Waals surface area contributed by atoms with Gasteiger partial charge >= 0.3 is 12.0 Å². The molecule has 1 saturated heterocycles. The minimum Gasteiger partial charge on any atom is -0.481 e. The molecule has 0 spiro atoms. The molecule has 122 valence electrons. The Kier molecular flexibility index (Phi) is 6.38. The maximum absolute atomic E-state index is 12.4. The van der Waals surface area contributed by atoms with Crippen LogP contribution in [0.2, 0.25) is 0 Å². The first kappa shape index (κ1) is 18.1. The number of urea groups is 1. The molecule has 3 unspecified atom stereocenters. The van der Waals surface area contributed by atoms with E-state index in [9.17, 15) is 9.59 Å². The molecule has 2 N–H and O–H groups in total. The van der Waals surface area contributed by atoms with Crippen molar-refractivity contribution in [2.75, 3.05) is 12.3 Å². The van der Waals surface area contributed by atoms with E-state index in [-0.39, 0.29) is 30.0 Å². The third-order valence-corrected chi connectivity index (χ3v) is 5.09. The van der Waals surface area contributed by atoms with E-state index < -0.39 is 5.97 Å². The molecular formula is C15H28N2O3S. The summed E-state index contributed by atoms with van der Waals surface area (Å²) < 4.78 is 0. The summed E-state index contributed by atoms with van der Waals surface area (Å²) in [6, 6.07) is -0.291. The van der Waals surface area contributed by atoms with Crippen molar-refractivity contribution in [2.24, 2.45) is 5.41 Å². The molecule has 21 heavy (non-hydrogen) atoms. The Labute approximate surface area is 131 Å². The lowest BCUT2D eigenvalue weighted by Gasteiger charge is -2.38. The number of carbonyl (C=O) groups is 2. The second-order valence-electron chi connectivity index (χ2n) is 7.02. The molecule has 2 amide bonds. The van der Waals surface area contributed by atoms with Gasteiger partial charge in [-0.1, -0.05) is 27.7 Å². The van der Waals surface area contributed by atoms with Crippen LogP contribution < -0.4 is 5.32 Å². The van der Waals surface area contributed by atoms with Gasteiger partial charge < -0.3 is 15.3 Å². The molecule has 0 aromatic carbocycles. The van der Waals surface area contributed by atoms with Crippen molar-refractivity contribution in [1.82, 2.24) is 10.2 Å². The van der Waals surface area contributed by atoms with E-state index in [4.69, 9.17) is 5.11 Å². The van der Waals surface area contributed by atoms with E-state index >= 15 is 0 Å². The zero-order valence-electron chi connectivity index (χ0n) is 13.7. The minimum absolute atomic E-state index is 0.0238. The Balaban J connectivity index is 2.68.